The van der Waals surface area contributed by atoms with Gasteiger partial charge < -0.3 is 20.1 Å². The number of alkyl halides is 4. The molecule has 1 aliphatic rings. The molecular weight excluding hydrogens is 581 g/mol. The Bertz CT molecular complexity index is 1530. The highest BCUT2D eigenvalue weighted by Crippen LogP contribution is 2.29. The Labute approximate surface area is 241 Å². The fourth-order valence-corrected chi connectivity index (χ4v) is 4.43. The number of halogens is 5. The molecule has 3 heterocycles. The van der Waals surface area contributed by atoms with Crippen LogP contribution in [0.25, 0.3) is 0 Å². The minimum Gasteiger partial charge on any atom is -0.347 e. The van der Waals surface area contributed by atoms with Gasteiger partial charge in [-0.3, -0.25) is 19.2 Å². The average Bonchev–Trinajstić information content (AvgIpc) is 3.46. The largest absolute Gasteiger partial charge is 0.416 e. The van der Waals surface area contributed by atoms with Gasteiger partial charge in [0.15, 0.2) is 5.69 Å². The number of carbonyl (C=O) groups is 3. The van der Waals surface area contributed by atoms with Crippen LogP contribution in [-0.2, 0) is 35.4 Å². The summed E-state index contributed by atoms with van der Waals surface area (Å²) < 4.78 is 69.8. The van der Waals surface area contributed by atoms with Crippen molar-refractivity contribution >= 4 is 23.4 Å². The number of nitrogens with zero attached hydrogens (tertiary/aromatic N) is 5. The first-order chi connectivity index (χ1) is 20.4. The molecule has 1 aromatic carbocycles. The normalized spacial score (nSPS) is 14.3. The van der Waals surface area contributed by atoms with Gasteiger partial charge in [-0.2, -0.15) is 17.6 Å². The SMILES string of the molecule is O=C(Nc1ccn(CCC(F)Cn2cc(C(=O)NCc3cccc(C(F)(F)F)c3)nn2)c(=O)c1F)C(=O)N1CCCCC1. The summed E-state index contributed by atoms with van der Waals surface area (Å²) in [6.45, 7) is 0.0684. The smallest absolute Gasteiger partial charge is 0.347 e. The third-order valence-corrected chi connectivity index (χ3v) is 6.74. The Hall–Kier alpha value is -4.63. The highest BCUT2D eigenvalue weighted by molar-refractivity contribution is 6.39. The van der Waals surface area contributed by atoms with Crippen LogP contribution in [0.1, 0.15) is 47.3 Å². The summed E-state index contributed by atoms with van der Waals surface area (Å²) in [4.78, 5) is 50.6. The highest BCUT2D eigenvalue weighted by Gasteiger charge is 2.30. The third kappa shape index (κ3) is 8.23. The van der Waals surface area contributed by atoms with E-state index in [2.05, 4.69) is 20.9 Å². The second-order valence-electron chi connectivity index (χ2n) is 9.94. The molecule has 2 N–H and O–H groups in total. The Morgan fingerprint density at radius 3 is 2.53 bits per heavy atom. The summed E-state index contributed by atoms with van der Waals surface area (Å²) >= 11 is 0. The number of carbonyl (C=O) groups excluding carboxylic acids is 3. The zero-order chi connectivity index (χ0) is 31.1. The number of hydrogen-bond acceptors (Lipinski definition) is 6. The van der Waals surface area contributed by atoms with Crippen LogP contribution in [-0.4, -0.2) is 61.4 Å². The zero-order valence-corrected chi connectivity index (χ0v) is 22.7. The van der Waals surface area contributed by atoms with E-state index >= 15 is 0 Å². The maximum absolute atomic E-state index is 14.6. The molecule has 1 fully saturated rings. The number of aromatic nitrogens is 4. The van der Waals surface area contributed by atoms with Gasteiger partial charge in [-0.05, 0) is 49.4 Å². The summed E-state index contributed by atoms with van der Waals surface area (Å²) in [5, 5.41) is 11.9. The molecule has 0 radical (unpaired) electrons. The quantitative estimate of drug-likeness (QED) is 0.284. The molecule has 0 bridgehead atoms. The first-order valence-corrected chi connectivity index (χ1v) is 13.4. The topological polar surface area (TPSA) is 131 Å². The van der Waals surface area contributed by atoms with Gasteiger partial charge in [0, 0.05) is 32.4 Å². The Kier molecular flexibility index (Phi) is 9.88. The van der Waals surface area contributed by atoms with Crippen LogP contribution >= 0.6 is 0 Å². The van der Waals surface area contributed by atoms with Gasteiger partial charge in [0.2, 0.25) is 5.82 Å². The van der Waals surface area contributed by atoms with Gasteiger partial charge in [0.1, 0.15) is 6.17 Å². The van der Waals surface area contributed by atoms with Crippen LogP contribution in [0.2, 0.25) is 0 Å². The molecule has 0 aliphatic carbocycles. The lowest BCUT2D eigenvalue weighted by molar-refractivity contribution is -0.143. The summed E-state index contributed by atoms with van der Waals surface area (Å²) in [7, 11) is 0. The number of aryl methyl sites for hydroxylation is 1. The van der Waals surface area contributed by atoms with Crippen molar-refractivity contribution in [3.63, 3.8) is 0 Å². The van der Waals surface area contributed by atoms with Gasteiger partial charge in [-0.15, -0.1) is 5.10 Å². The molecule has 1 unspecified atom stereocenters. The number of amides is 3. The van der Waals surface area contributed by atoms with E-state index in [9.17, 15) is 41.1 Å². The predicted octanol–water partition coefficient (Wildman–Crippen LogP) is 2.91. The third-order valence-electron chi connectivity index (χ3n) is 6.74. The lowest BCUT2D eigenvalue weighted by Crippen LogP contribution is -2.42. The minimum atomic E-state index is -4.53. The lowest BCUT2D eigenvalue weighted by atomic mass is 10.1. The van der Waals surface area contributed by atoms with E-state index in [-0.39, 0.29) is 37.3 Å². The molecule has 16 heteroatoms. The fourth-order valence-electron chi connectivity index (χ4n) is 4.43. The average molecular weight is 610 g/mol. The van der Waals surface area contributed by atoms with Gasteiger partial charge in [-0.1, -0.05) is 17.3 Å². The highest BCUT2D eigenvalue weighted by atomic mass is 19.4. The first-order valence-electron chi connectivity index (χ1n) is 13.4. The molecule has 230 valence electrons. The van der Waals surface area contributed by atoms with E-state index in [0.29, 0.717) is 13.1 Å². The van der Waals surface area contributed by atoms with Crippen molar-refractivity contribution in [1.82, 2.24) is 29.8 Å². The molecule has 1 saturated heterocycles. The Balaban J connectivity index is 1.26. The van der Waals surface area contributed by atoms with Gasteiger partial charge in [0.25, 0.3) is 11.5 Å². The molecule has 1 atom stereocenters. The maximum Gasteiger partial charge on any atom is 0.416 e. The summed E-state index contributed by atoms with van der Waals surface area (Å²) in [5.74, 6) is -3.90. The van der Waals surface area contributed by atoms with Crippen molar-refractivity contribution in [2.75, 3.05) is 18.4 Å². The van der Waals surface area contributed by atoms with Crippen LogP contribution in [0.15, 0.2) is 47.5 Å². The van der Waals surface area contributed by atoms with E-state index in [0.717, 1.165) is 52.9 Å². The number of hydrogen-bond donors (Lipinski definition) is 2. The van der Waals surface area contributed by atoms with Gasteiger partial charge in [0.05, 0.1) is 24.0 Å². The molecule has 4 rings (SSSR count). The van der Waals surface area contributed by atoms with Crippen molar-refractivity contribution < 1.29 is 36.3 Å². The van der Waals surface area contributed by atoms with Crippen LogP contribution in [0, 0.1) is 5.82 Å². The van der Waals surface area contributed by atoms with Crippen LogP contribution in [0.4, 0.5) is 27.6 Å². The summed E-state index contributed by atoms with van der Waals surface area (Å²) in [6.07, 6.45) is -1.55. The molecule has 0 saturated carbocycles. The van der Waals surface area contributed by atoms with Crippen LogP contribution in [0.5, 0.6) is 0 Å². The van der Waals surface area contributed by atoms with Crippen molar-refractivity contribution in [2.45, 2.75) is 57.7 Å². The maximum atomic E-state index is 14.6. The molecule has 43 heavy (non-hydrogen) atoms. The number of benzene rings is 1. The lowest BCUT2D eigenvalue weighted by Gasteiger charge is -2.25. The van der Waals surface area contributed by atoms with E-state index in [1.54, 1.807) is 0 Å². The second-order valence-corrected chi connectivity index (χ2v) is 9.94. The number of piperidine rings is 1. The first kappa shape index (κ1) is 31.3. The minimum absolute atomic E-state index is 0.186. The van der Waals surface area contributed by atoms with Crippen LogP contribution in [0.3, 0.4) is 0 Å². The van der Waals surface area contributed by atoms with Crippen molar-refractivity contribution in [3.05, 3.63) is 75.7 Å². The zero-order valence-electron chi connectivity index (χ0n) is 22.7. The number of rotatable bonds is 9. The van der Waals surface area contributed by atoms with E-state index in [4.69, 9.17) is 0 Å². The molecule has 11 nitrogen and oxygen atoms in total. The Morgan fingerprint density at radius 2 is 1.81 bits per heavy atom. The standard InChI is InChI=1S/C27H28F5N7O4/c28-19(15-39-16-21(35-36-39)23(40)33-14-17-5-4-6-18(13-17)27(30,31)32)7-11-38-12-8-20(22(29)25(38)42)34-24(41)26(43)37-9-2-1-3-10-37/h4-6,8,12-13,16,19H,1-3,7,9-11,14-15H2,(H,33,40)(H,34,41). The molecule has 1 aliphatic heterocycles. The molecule has 2 aromatic heterocycles. The number of nitrogens with one attached hydrogen (secondary N) is 2. The number of likely N-dealkylation sites (tertiary alicyclic amines) is 1. The molecule has 0 spiro atoms. The van der Waals surface area contributed by atoms with Crippen molar-refractivity contribution in [1.29, 1.82) is 0 Å². The second kappa shape index (κ2) is 13.6. The number of anilines is 1. The monoisotopic (exact) mass is 609 g/mol. The van der Waals surface area contributed by atoms with E-state index < -0.39 is 52.7 Å². The van der Waals surface area contributed by atoms with Gasteiger partial charge in [-0.25, -0.2) is 9.07 Å². The number of pyridine rings is 1. The van der Waals surface area contributed by atoms with E-state index in [1.165, 1.54) is 23.2 Å². The van der Waals surface area contributed by atoms with Crippen molar-refractivity contribution in [2.24, 2.45) is 0 Å². The summed E-state index contributed by atoms with van der Waals surface area (Å²) in [5.41, 5.74) is -2.40. The predicted molar refractivity (Wildman–Crippen MR) is 142 cm³/mol. The van der Waals surface area contributed by atoms with E-state index in [1.807, 2.05) is 0 Å². The molecular formula is C27H28F5N7O4. The Morgan fingerprint density at radius 1 is 1.07 bits per heavy atom. The fraction of sp³-hybridized carbons (Fsp3) is 0.407. The van der Waals surface area contributed by atoms with Crippen molar-refractivity contribution in [3.8, 4) is 0 Å². The van der Waals surface area contributed by atoms with Gasteiger partial charge >= 0.3 is 18.0 Å². The molecule has 3 aromatic rings. The molecule has 3 amide bonds. The summed E-state index contributed by atoms with van der Waals surface area (Å²) in [6, 6.07) is 5.55. The van der Waals surface area contributed by atoms with Crippen LogP contribution < -0.4 is 16.2 Å².